The number of rotatable bonds is 7. The quantitative estimate of drug-likeness (QED) is 0.598. The molecule has 1 rings (SSSR count). The SMILES string of the molecule is CCSCCC(C)NS(=O)(=O)c1cccc(F)c1N. The molecule has 0 radical (unpaired) electrons. The summed E-state index contributed by atoms with van der Waals surface area (Å²) in [7, 11) is -3.77. The minimum absolute atomic E-state index is 0.206. The average molecular weight is 306 g/mol. The number of nitrogens with one attached hydrogen (secondary N) is 1. The van der Waals surface area contributed by atoms with E-state index < -0.39 is 15.8 Å². The maximum absolute atomic E-state index is 13.3. The van der Waals surface area contributed by atoms with Crippen LogP contribution < -0.4 is 10.5 Å². The molecule has 0 saturated carbocycles. The predicted octanol–water partition coefficient (Wildman–Crippen LogP) is 2.22. The average Bonchev–Trinajstić information content (AvgIpc) is 2.32. The topological polar surface area (TPSA) is 72.2 Å². The molecule has 0 bridgehead atoms. The molecule has 1 aromatic carbocycles. The van der Waals surface area contributed by atoms with Crippen LogP contribution in [0.1, 0.15) is 20.3 Å². The minimum atomic E-state index is -3.77. The number of hydrogen-bond acceptors (Lipinski definition) is 4. The Balaban J connectivity index is 2.78. The molecule has 0 amide bonds. The molecule has 1 atom stereocenters. The molecule has 0 aliphatic carbocycles. The van der Waals surface area contributed by atoms with Crippen LogP contribution >= 0.6 is 11.8 Å². The van der Waals surface area contributed by atoms with Gasteiger partial charge in [0.05, 0.1) is 5.69 Å². The summed E-state index contributed by atoms with van der Waals surface area (Å²) in [5.41, 5.74) is 5.13. The van der Waals surface area contributed by atoms with Crippen LogP contribution in [0, 0.1) is 5.82 Å². The first kappa shape index (κ1) is 16.3. The van der Waals surface area contributed by atoms with Crippen LogP contribution in [0.5, 0.6) is 0 Å². The number of hydrogen-bond donors (Lipinski definition) is 2. The number of halogens is 1. The number of thioether (sulfide) groups is 1. The van der Waals surface area contributed by atoms with Gasteiger partial charge >= 0.3 is 0 Å². The molecule has 108 valence electrons. The fraction of sp³-hybridized carbons (Fsp3) is 0.500. The van der Waals surface area contributed by atoms with E-state index in [9.17, 15) is 12.8 Å². The van der Waals surface area contributed by atoms with Crippen LogP contribution in [0.15, 0.2) is 23.1 Å². The lowest BCUT2D eigenvalue weighted by atomic mass is 10.3. The number of benzene rings is 1. The maximum Gasteiger partial charge on any atom is 0.242 e. The second kappa shape index (κ2) is 7.12. The first-order valence-electron chi connectivity index (χ1n) is 6.02. The second-order valence-corrected chi connectivity index (χ2v) is 7.24. The Morgan fingerprint density at radius 2 is 2.16 bits per heavy atom. The standard InChI is InChI=1S/C12H19FN2O2S2/c1-3-18-8-7-9(2)15-19(16,17)11-6-4-5-10(13)12(11)14/h4-6,9,15H,3,7-8,14H2,1-2H3. The van der Waals surface area contributed by atoms with Crippen LogP contribution in [-0.4, -0.2) is 26.0 Å². The summed E-state index contributed by atoms with van der Waals surface area (Å²) in [6.07, 6.45) is 0.715. The molecule has 1 unspecified atom stereocenters. The lowest BCUT2D eigenvalue weighted by Crippen LogP contribution is -2.33. The van der Waals surface area contributed by atoms with Gasteiger partial charge in [-0.2, -0.15) is 11.8 Å². The zero-order valence-corrected chi connectivity index (χ0v) is 12.7. The van der Waals surface area contributed by atoms with Crippen molar-refractivity contribution in [1.29, 1.82) is 0 Å². The van der Waals surface area contributed by atoms with Gasteiger partial charge in [-0.1, -0.05) is 13.0 Å². The van der Waals surface area contributed by atoms with E-state index in [1.165, 1.54) is 12.1 Å². The van der Waals surface area contributed by atoms with E-state index in [0.29, 0.717) is 6.42 Å². The van der Waals surface area contributed by atoms with Crippen molar-refractivity contribution in [2.24, 2.45) is 0 Å². The van der Waals surface area contributed by atoms with Gasteiger partial charge in [-0.25, -0.2) is 17.5 Å². The molecule has 4 nitrogen and oxygen atoms in total. The van der Waals surface area contributed by atoms with Crippen molar-refractivity contribution in [3.63, 3.8) is 0 Å². The lowest BCUT2D eigenvalue weighted by molar-refractivity contribution is 0.555. The molecule has 19 heavy (non-hydrogen) atoms. The number of anilines is 1. The number of nitrogen functional groups attached to an aromatic ring is 1. The van der Waals surface area contributed by atoms with E-state index in [1.54, 1.807) is 18.7 Å². The molecule has 0 aliphatic rings. The number of nitrogens with two attached hydrogens (primary N) is 1. The fourth-order valence-corrected chi connectivity index (χ4v) is 3.77. The normalized spacial score (nSPS) is 13.4. The highest BCUT2D eigenvalue weighted by molar-refractivity contribution is 7.99. The largest absolute Gasteiger partial charge is 0.395 e. The summed E-state index contributed by atoms with van der Waals surface area (Å²) in [4.78, 5) is -0.206. The van der Waals surface area contributed by atoms with E-state index in [0.717, 1.165) is 17.6 Å². The van der Waals surface area contributed by atoms with Crippen molar-refractivity contribution >= 4 is 27.5 Å². The highest BCUT2D eigenvalue weighted by atomic mass is 32.2. The number of para-hydroxylation sites is 1. The summed E-state index contributed by atoms with van der Waals surface area (Å²) in [6, 6.07) is 3.55. The van der Waals surface area contributed by atoms with Gasteiger partial charge in [-0.05, 0) is 37.0 Å². The molecule has 0 heterocycles. The van der Waals surface area contributed by atoms with Gasteiger partial charge in [0, 0.05) is 6.04 Å². The van der Waals surface area contributed by atoms with Gasteiger partial charge in [-0.3, -0.25) is 0 Å². The Hall–Kier alpha value is -0.790. The molecular weight excluding hydrogens is 287 g/mol. The summed E-state index contributed by atoms with van der Waals surface area (Å²) in [6.45, 7) is 3.83. The highest BCUT2D eigenvalue weighted by Gasteiger charge is 2.21. The van der Waals surface area contributed by atoms with Gasteiger partial charge in [0.2, 0.25) is 10.0 Å². The Bertz CT molecular complexity index is 520. The van der Waals surface area contributed by atoms with Crippen molar-refractivity contribution in [3.05, 3.63) is 24.0 Å². The lowest BCUT2D eigenvalue weighted by Gasteiger charge is -2.15. The first-order chi connectivity index (χ1) is 8.88. The highest BCUT2D eigenvalue weighted by Crippen LogP contribution is 2.21. The van der Waals surface area contributed by atoms with Crippen LogP contribution in [-0.2, 0) is 10.0 Å². The molecular formula is C12H19FN2O2S2. The summed E-state index contributed by atoms with van der Waals surface area (Å²) in [5.74, 6) is 1.15. The smallest absolute Gasteiger partial charge is 0.242 e. The molecule has 1 aromatic rings. The second-order valence-electron chi connectivity index (χ2n) is 4.16. The third kappa shape index (κ3) is 4.67. The molecule has 0 spiro atoms. The van der Waals surface area contributed by atoms with E-state index >= 15 is 0 Å². The Kier molecular flexibility index (Phi) is 6.09. The maximum atomic E-state index is 13.3. The van der Waals surface area contributed by atoms with Crippen molar-refractivity contribution in [2.45, 2.75) is 31.2 Å². The zero-order chi connectivity index (χ0) is 14.5. The van der Waals surface area contributed by atoms with Gasteiger partial charge in [0.15, 0.2) is 0 Å². The van der Waals surface area contributed by atoms with E-state index in [1.807, 2.05) is 6.92 Å². The van der Waals surface area contributed by atoms with Gasteiger partial charge in [-0.15, -0.1) is 0 Å². The van der Waals surface area contributed by atoms with Crippen LogP contribution in [0.2, 0.25) is 0 Å². The van der Waals surface area contributed by atoms with E-state index in [4.69, 9.17) is 5.73 Å². The van der Waals surface area contributed by atoms with Gasteiger partial charge in [0.1, 0.15) is 10.7 Å². The summed E-state index contributed by atoms with van der Waals surface area (Å²) < 4.78 is 40.0. The third-order valence-corrected chi connectivity index (χ3v) is 5.14. The monoisotopic (exact) mass is 306 g/mol. The molecule has 0 aliphatic heterocycles. The molecule has 0 fully saturated rings. The predicted molar refractivity (Wildman–Crippen MR) is 78.2 cm³/mol. The van der Waals surface area contributed by atoms with Crippen molar-refractivity contribution in [2.75, 3.05) is 17.2 Å². The first-order valence-corrected chi connectivity index (χ1v) is 8.66. The third-order valence-electron chi connectivity index (χ3n) is 2.56. The van der Waals surface area contributed by atoms with Crippen LogP contribution in [0.4, 0.5) is 10.1 Å². The molecule has 0 aromatic heterocycles. The molecule has 7 heteroatoms. The van der Waals surface area contributed by atoms with Crippen LogP contribution in [0.3, 0.4) is 0 Å². The molecule has 0 saturated heterocycles. The van der Waals surface area contributed by atoms with Gasteiger partial charge < -0.3 is 5.73 Å². The molecule has 3 N–H and O–H groups in total. The van der Waals surface area contributed by atoms with Crippen molar-refractivity contribution < 1.29 is 12.8 Å². The van der Waals surface area contributed by atoms with Crippen molar-refractivity contribution in [1.82, 2.24) is 4.72 Å². The van der Waals surface area contributed by atoms with Gasteiger partial charge in [0.25, 0.3) is 0 Å². The van der Waals surface area contributed by atoms with E-state index in [2.05, 4.69) is 4.72 Å². The number of sulfonamides is 1. The Labute approximate surface area is 118 Å². The van der Waals surface area contributed by atoms with Crippen LogP contribution in [0.25, 0.3) is 0 Å². The van der Waals surface area contributed by atoms with E-state index in [-0.39, 0.29) is 16.6 Å². The Morgan fingerprint density at radius 3 is 2.79 bits per heavy atom. The minimum Gasteiger partial charge on any atom is -0.395 e. The Morgan fingerprint density at radius 1 is 1.47 bits per heavy atom. The summed E-state index contributed by atoms with van der Waals surface area (Å²) >= 11 is 1.74. The fourth-order valence-electron chi connectivity index (χ4n) is 1.54. The summed E-state index contributed by atoms with van der Waals surface area (Å²) in [5, 5.41) is 0. The van der Waals surface area contributed by atoms with Crippen molar-refractivity contribution in [3.8, 4) is 0 Å². The zero-order valence-electron chi connectivity index (χ0n) is 11.0.